The molecule has 0 radical (unpaired) electrons. The van der Waals surface area contributed by atoms with E-state index in [2.05, 4.69) is 28.8 Å². The van der Waals surface area contributed by atoms with Gasteiger partial charge in [-0.2, -0.15) is 0 Å². The van der Waals surface area contributed by atoms with E-state index in [1.165, 1.54) is 12.1 Å². The molecule has 1 aliphatic heterocycles. The number of rotatable bonds is 5. The number of nitrogens with zero attached hydrogens (tertiary/aromatic N) is 1. The molecule has 0 amide bonds. The molecule has 0 bridgehead atoms. The molecule has 140 valence electrons. The fraction of sp³-hybridized carbons (Fsp3) is 0.625. The Balaban J connectivity index is 0.00000264. The van der Waals surface area contributed by atoms with Crippen molar-refractivity contribution in [3.8, 4) is 5.75 Å². The second-order valence-corrected chi connectivity index (χ2v) is 5.73. The first-order valence-electron chi connectivity index (χ1n) is 7.71. The quantitative estimate of drug-likeness (QED) is 0.807. The molecule has 1 saturated heterocycles. The van der Waals surface area contributed by atoms with E-state index in [0.29, 0.717) is 5.92 Å². The number of alkyl halides is 3. The van der Waals surface area contributed by atoms with Crippen molar-refractivity contribution >= 4 is 24.8 Å². The van der Waals surface area contributed by atoms with E-state index in [9.17, 15) is 13.2 Å². The molecule has 1 unspecified atom stereocenters. The van der Waals surface area contributed by atoms with Gasteiger partial charge in [0.05, 0.1) is 0 Å². The number of benzene rings is 1. The zero-order valence-corrected chi connectivity index (χ0v) is 15.4. The van der Waals surface area contributed by atoms with E-state index in [1.807, 2.05) is 0 Å². The Morgan fingerprint density at radius 2 is 1.67 bits per heavy atom. The Kier molecular flexibility index (Phi) is 10.0. The van der Waals surface area contributed by atoms with Gasteiger partial charge in [0.15, 0.2) is 0 Å². The van der Waals surface area contributed by atoms with Crippen LogP contribution in [0.5, 0.6) is 5.75 Å². The van der Waals surface area contributed by atoms with Crippen molar-refractivity contribution in [2.45, 2.75) is 32.7 Å². The van der Waals surface area contributed by atoms with Crippen LogP contribution in [0.2, 0.25) is 0 Å². The number of nitrogens with one attached hydrogen (secondary N) is 1. The zero-order chi connectivity index (χ0) is 16.2. The summed E-state index contributed by atoms with van der Waals surface area (Å²) in [5.74, 6) is 0.270. The van der Waals surface area contributed by atoms with Crippen molar-refractivity contribution in [3.05, 3.63) is 29.8 Å². The topological polar surface area (TPSA) is 24.5 Å². The predicted octanol–water partition coefficient (Wildman–Crippen LogP) is 4.42. The van der Waals surface area contributed by atoms with Gasteiger partial charge in [-0.25, -0.2) is 0 Å². The van der Waals surface area contributed by atoms with Crippen LogP contribution in [-0.2, 0) is 0 Å². The Morgan fingerprint density at radius 1 is 1.12 bits per heavy atom. The molecule has 2 atom stereocenters. The third kappa shape index (κ3) is 6.67. The predicted molar refractivity (Wildman–Crippen MR) is 94.3 cm³/mol. The molecule has 24 heavy (non-hydrogen) atoms. The van der Waals surface area contributed by atoms with Gasteiger partial charge in [0.1, 0.15) is 5.75 Å². The van der Waals surface area contributed by atoms with E-state index in [0.717, 1.165) is 38.2 Å². The van der Waals surface area contributed by atoms with E-state index < -0.39 is 6.36 Å². The van der Waals surface area contributed by atoms with E-state index in [1.54, 1.807) is 12.1 Å². The van der Waals surface area contributed by atoms with Gasteiger partial charge in [-0.3, -0.25) is 4.90 Å². The molecule has 1 N–H and O–H groups in total. The van der Waals surface area contributed by atoms with Crippen LogP contribution in [-0.4, -0.2) is 37.4 Å². The standard InChI is InChI=1S/C16H23F3N2O.2ClH/c1-3-12(2)15(21-10-8-20-9-11-21)13-4-6-14(7-5-13)22-16(17,18)19;;/h4-7,12,15,20H,3,8-11H2,1-2H3;2*1H/t12?,15-;;/m0../s1. The Morgan fingerprint density at radius 3 is 2.12 bits per heavy atom. The third-order valence-electron chi connectivity index (χ3n) is 4.18. The average Bonchev–Trinajstić information content (AvgIpc) is 2.48. The highest BCUT2D eigenvalue weighted by Crippen LogP contribution is 2.32. The number of halogens is 5. The molecule has 1 aliphatic rings. The molecule has 1 aromatic carbocycles. The number of ether oxygens (including phenoxy) is 1. The first-order valence-corrected chi connectivity index (χ1v) is 7.71. The first kappa shape index (κ1) is 23.3. The van der Waals surface area contributed by atoms with Gasteiger partial charge in [0.25, 0.3) is 0 Å². The van der Waals surface area contributed by atoms with Crippen LogP contribution in [0.4, 0.5) is 13.2 Å². The van der Waals surface area contributed by atoms with Gasteiger partial charge in [0.2, 0.25) is 0 Å². The second-order valence-electron chi connectivity index (χ2n) is 5.73. The number of hydrogen-bond donors (Lipinski definition) is 1. The summed E-state index contributed by atoms with van der Waals surface area (Å²) >= 11 is 0. The minimum Gasteiger partial charge on any atom is -0.406 e. The molecule has 1 fully saturated rings. The molecular formula is C16H25Cl2F3N2O. The molecule has 1 heterocycles. The van der Waals surface area contributed by atoms with E-state index >= 15 is 0 Å². The summed E-state index contributed by atoms with van der Waals surface area (Å²) < 4.78 is 40.7. The van der Waals surface area contributed by atoms with Gasteiger partial charge < -0.3 is 10.1 Å². The van der Waals surface area contributed by atoms with Crippen molar-refractivity contribution in [1.82, 2.24) is 10.2 Å². The summed E-state index contributed by atoms with van der Waals surface area (Å²) in [5.41, 5.74) is 1.05. The summed E-state index contributed by atoms with van der Waals surface area (Å²) in [6.45, 7) is 8.13. The molecule has 0 aliphatic carbocycles. The largest absolute Gasteiger partial charge is 0.573 e. The van der Waals surface area contributed by atoms with Gasteiger partial charge in [-0.1, -0.05) is 32.4 Å². The maximum Gasteiger partial charge on any atom is 0.573 e. The van der Waals surface area contributed by atoms with Gasteiger partial charge >= 0.3 is 6.36 Å². The van der Waals surface area contributed by atoms with E-state index in [4.69, 9.17) is 0 Å². The van der Waals surface area contributed by atoms with Crippen LogP contribution in [0, 0.1) is 5.92 Å². The summed E-state index contributed by atoms with van der Waals surface area (Å²) in [6, 6.07) is 6.53. The lowest BCUT2D eigenvalue weighted by molar-refractivity contribution is -0.274. The minimum atomic E-state index is -4.64. The fourth-order valence-electron chi connectivity index (χ4n) is 2.95. The van der Waals surface area contributed by atoms with Crippen molar-refractivity contribution in [2.24, 2.45) is 5.92 Å². The lowest BCUT2D eigenvalue weighted by Gasteiger charge is -2.38. The van der Waals surface area contributed by atoms with Crippen LogP contribution >= 0.6 is 24.8 Å². The molecule has 0 aromatic heterocycles. The summed E-state index contributed by atoms with van der Waals surface area (Å²) in [6.07, 6.45) is -3.62. The number of hydrogen-bond acceptors (Lipinski definition) is 3. The highest BCUT2D eigenvalue weighted by atomic mass is 35.5. The molecule has 1 aromatic rings. The molecule has 0 saturated carbocycles. The van der Waals surface area contributed by atoms with Crippen molar-refractivity contribution < 1.29 is 17.9 Å². The molecule has 0 spiro atoms. The molecular weight excluding hydrogens is 364 g/mol. The first-order chi connectivity index (χ1) is 10.4. The highest BCUT2D eigenvalue weighted by Gasteiger charge is 2.31. The Bertz CT molecular complexity index is 465. The fourth-order valence-corrected chi connectivity index (χ4v) is 2.95. The summed E-state index contributed by atoms with van der Waals surface area (Å²) in [7, 11) is 0. The lowest BCUT2D eigenvalue weighted by Crippen LogP contribution is -2.46. The maximum atomic E-state index is 12.2. The monoisotopic (exact) mass is 388 g/mol. The summed E-state index contributed by atoms with van der Waals surface area (Å²) in [5, 5.41) is 3.33. The van der Waals surface area contributed by atoms with Crippen molar-refractivity contribution in [1.29, 1.82) is 0 Å². The van der Waals surface area contributed by atoms with Crippen LogP contribution in [0.15, 0.2) is 24.3 Å². The van der Waals surface area contributed by atoms with Gasteiger partial charge in [-0.05, 0) is 23.6 Å². The summed E-state index contributed by atoms with van der Waals surface area (Å²) in [4.78, 5) is 2.41. The SMILES string of the molecule is CCC(C)[C@@H](c1ccc(OC(F)(F)F)cc1)N1CCNCC1.Cl.Cl. The lowest BCUT2D eigenvalue weighted by atomic mass is 9.90. The van der Waals surface area contributed by atoms with Crippen LogP contribution in [0.1, 0.15) is 31.9 Å². The molecule has 3 nitrogen and oxygen atoms in total. The normalized spacial score (nSPS) is 18.0. The third-order valence-corrected chi connectivity index (χ3v) is 4.18. The minimum absolute atomic E-state index is 0. The Hall–Kier alpha value is -0.690. The van der Waals surface area contributed by atoms with E-state index in [-0.39, 0.29) is 36.6 Å². The van der Waals surface area contributed by atoms with Crippen LogP contribution < -0.4 is 10.1 Å². The van der Waals surface area contributed by atoms with Crippen LogP contribution in [0.3, 0.4) is 0 Å². The smallest absolute Gasteiger partial charge is 0.406 e. The molecule has 8 heteroatoms. The zero-order valence-electron chi connectivity index (χ0n) is 13.8. The van der Waals surface area contributed by atoms with Crippen LogP contribution in [0.25, 0.3) is 0 Å². The number of piperazine rings is 1. The maximum absolute atomic E-state index is 12.2. The molecule has 2 rings (SSSR count). The van der Waals surface area contributed by atoms with Crippen molar-refractivity contribution in [2.75, 3.05) is 26.2 Å². The van der Waals surface area contributed by atoms with Gasteiger partial charge in [-0.15, -0.1) is 38.0 Å². The van der Waals surface area contributed by atoms with Gasteiger partial charge in [0, 0.05) is 32.2 Å². The second kappa shape index (κ2) is 10.3. The highest BCUT2D eigenvalue weighted by molar-refractivity contribution is 5.85. The van der Waals surface area contributed by atoms with Crippen molar-refractivity contribution in [3.63, 3.8) is 0 Å². The average molecular weight is 389 g/mol. The Labute approximate surface area is 153 Å².